The zero-order chi connectivity index (χ0) is 14.5. The van der Waals surface area contributed by atoms with Gasteiger partial charge in [-0.25, -0.2) is 0 Å². The van der Waals surface area contributed by atoms with Gasteiger partial charge in [0.25, 0.3) is 5.89 Å². The summed E-state index contributed by atoms with van der Waals surface area (Å²) in [6.07, 6.45) is 0. The average Bonchev–Trinajstić information content (AvgIpc) is 2.81. The summed E-state index contributed by atoms with van der Waals surface area (Å²) in [5.74, 6) is 1.70. The van der Waals surface area contributed by atoms with Crippen molar-refractivity contribution < 1.29 is 9.15 Å². The molecule has 20 heavy (non-hydrogen) atoms. The maximum atomic E-state index is 6.23. The van der Waals surface area contributed by atoms with Crippen LogP contribution in [0.15, 0.2) is 22.6 Å². The molecular weight excluding hydrogens is 278 g/mol. The van der Waals surface area contributed by atoms with E-state index < -0.39 is 0 Å². The van der Waals surface area contributed by atoms with E-state index in [1.807, 2.05) is 18.2 Å². The van der Waals surface area contributed by atoms with Crippen molar-refractivity contribution in [2.24, 2.45) is 0 Å². The lowest BCUT2D eigenvalue weighted by molar-refractivity contribution is 0.257. The average molecular weight is 296 g/mol. The fourth-order valence-electron chi connectivity index (χ4n) is 1.69. The highest BCUT2D eigenvalue weighted by Gasteiger charge is 2.10. The normalized spacial score (nSPS) is 11.1. The first-order valence-corrected chi connectivity index (χ1v) is 6.86. The predicted octanol–water partition coefficient (Wildman–Crippen LogP) is 3.11. The van der Waals surface area contributed by atoms with Crippen LogP contribution >= 0.6 is 11.6 Å². The first kappa shape index (κ1) is 14.8. The van der Waals surface area contributed by atoms with Crippen LogP contribution in [0.4, 0.5) is 0 Å². The molecule has 2 aromatic rings. The van der Waals surface area contributed by atoms with Crippen LogP contribution in [0, 0.1) is 6.92 Å². The highest BCUT2D eigenvalue weighted by atomic mass is 35.5. The van der Waals surface area contributed by atoms with Crippen molar-refractivity contribution in [3.63, 3.8) is 0 Å². The molecule has 1 heterocycles. The minimum absolute atomic E-state index is 0.232. The van der Waals surface area contributed by atoms with Gasteiger partial charge in [-0.15, -0.1) is 10.2 Å². The number of rotatable bonds is 6. The van der Waals surface area contributed by atoms with Crippen LogP contribution in [0.5, 0.6) is 5.75 Å². The molecule has 0 aliphatic rings. The van der Waals surface area contributed by atoms with Crippen LogP contribution in [0.1, 0.15) is 31.2 Å². The summed E-state index contributed by atoms with van der Waals surface area (Å²) in [5.41, 5.74) is 0.930. The number of nitrogens with one attached hydrogen (secondary N) is 1. The van der Waals surface area contributed by atoms with Crippen LogP contribution < -0.4 is 10.1 Å². The van der Waals surface area contributed by atoms with Crippen molar-refractivity contribution in [1.82, 2.24) is 15.5 Å². The molecule has 1 N–H and O–H groups in total. The highest BCUT2D eigenvalue weighted by Crippen LogP contribution is 2.27. The van der Waals surface area contributed by atoms with E-state index >= 15 is 0 Å². The Hall–Kier alpha value is -1.59. The zero-order valence-electron chi connectivity index (χ0n) is 11.8. The van der Waals surface area contributed by atoms with Crippen LogP contribution in [0.25, 0.3) is 0 Å². The van der Waals surface area contributed by atoms with Crippen LogP contribution in [-0.2, 0) is 13.2 Å². The number of nitrogens with zero attached hydrogens (tertiary/aromatic N) is 2. The molecule has 0 radical (unpaired) electrons. The van der Waals surface area contributed by atoms with Crippen molar-refractivity contribution in [3.05, 3.63) is 40.6 Å². The molecule has 108 valence electrons. The number of hydrogen-bond acceptors (Lipinski definition) is 5. The van der Waals surface area contributed by atoms with E-state index in [-0.39, 0.29) is 6.61 Å². The maximum absolute atomic E-state index is 6.23. The first-order chi connectivity index (χ1) is 9.56. The van der Waals surface area contributed by atoms with Crippen molar-refractivity contribution in [2.75, 3.05) is 0 Å². The van der Waals surface area contributed by atoms with E-state index in [9.17, 15) is 0 Å². The van der Waals surface area contributed by atoms with E-state index in [0.29, 0.717) is 29.4 Å². The Labute approximate surface area is 123 Å². The van der Waals surface area contributed by atoms with E-state index in [4.69, 9.17) is 20.8 Å². The van der Waals surface area contributed by atoms with E-state index in [2.05, 4.69) is 29.4 Å². The Morgan fingerprint density at radius 3 is 2.80 bits per heavy atom. The number of hydrogen-bond donors (Lipinski definition) is 1. The highest BCUT2D eigenvalue weighted by molar-refractivity contribution is 6.31. The summed E-state index contributed by atoms with van der Waals surface area (Å²) in [5, 5.41) is 11.7. The van der Waals surface area contributed by atoms with Gasteiger partial charge in [0.05, 0.1) is 0 Å². The van der Waals surface area contributed by atoms with Crippen molar-refractivity contribution in [3.8, 4) is 5.75 Å². The quantitative estimate of drug-likeness (QED) is 0.887. The standard InChI is InChI=1S/C14H18ClN3O2/c1-9(2)16-7-11-12(15)5-4-6-13(11)19-8-14-18-17-10(3)20-14/h4-6,9,16H,7-8H2,1-3H3. The molecule has 0 fully saturated rings. The monoisotopic (exact) mass is 295 g/mol. The third-order valence-electron chi connectivity index (χ3n) is 2.68. The third kappa shape index (κ3) is 3.95. The molecule has 0 atom stereocenters. The minimum atomic E-state index is 0.232. The lowest BCUT2D eigenvalue weighted by atomic mass is 10.2. The van der Waals surface area contributed by atoms with Gasteiger partial charge >= 0.3 is 0 Å². The summed E-state index contributed by atoms with van der Waals surface area (Å²) in [4.78, 5) is 0. The summed E-state index contributed by atoms with van der Waals surface area (Å²) in [7, 11) is 0. The van der Waals surface area contributed by atoms with Gasteiger partial charge in [-0.05, 0) is 12.1 Å². The number of benzene rings is 1. The summed E-state index contributed by atoms with van der Waals surface area (Å²) in [6.45, 7) is 6.79. The Bertz CT molecular complexity index is 569. The number of aryl methyl sites for hydroxylation is 1. The Balaban J connectivity index is 2.08. The lowest BCUT2D eigenvalue weighted by Gasteiger charge is -2.14. The molecule has 0 saturated heterocycles. The second-order valence-corrected chi connectivity index (χ2v) is 5.16. The van der Waals surface area contributed by atoms with E-state index in [1.165, 1.54) is 0 Å². The molecule has 6 heteroatoms. The van der Waals surface area contributed by atoms with E-state index in [0.717, 1.165) is 11.3 Å². The molecule has 0 spiro atoms. The van der Waals surface area contributed by atoms with Gasteiger partial charge in [-0.2, -0.15) is 0 Å². The Morgan fingerprint density at radius 2 is 2.15 bits per heavy atom. The fourth-order valence-corrected chi connectivity index (χ4v) is 1.92. The Morgan fingerprint density at radius 1 is 1.35 bits per heavy atom. The topological polar surface area (TPSA) is 60.2 Å². The molecular formula is C14H18ClN3O2. The second-order valence-electron chi connectivity index (χ2n) is 4.76. The van der Waals surface area contributed by atoms with Gasteiger partial charge in [0.2, 0.25) is 5.89 Å². The summed E-state index contributed by atoms with van der Waals surface area (Å²) in [6, 6.07) is 5.96. The van der Waals surface area contributed by atoms with Crippen molar-refractivity contribution in [1.29, 1.82) is 0 Å². The number of halogens is 1. The SMILES string of the molecule is Cc1nnc(COc2cccc(Cl)c2CNC(C)C)o1. The molecule has 2 rings (SSSR count). The van der Waals surface area contributed by atoms with E-state index in [1.54, 1.807) is 6.92 Å². The lowest BCUT2D eigenvalue weighted by Crippen LogP contribution is -2.22. The molecule has 0 bridgehead atoms. The smallest absolute Gasteiger partial charge is 0.253 e. The van der Waals surface area contributed by atoms with Crippen LogP contribution in [0.2, 0.25) is 5.02 Å². The number of aromatic nitrogens is 2. The van der Waals surface area contributed by atoms with Crippen LogP contribution in [-0.4, -0.2) is 16.2 Å². The Kier molecular flexibility index (Phi) is 4.98. The molecule has 0 unspecified atom stereocenters. The zero-order valence-corrected chi connectivity index (χ0v) is 12.6. The third-order valence-corrected chi connectivity index (χ3v) is 3.04. The van der Waals surface area contributed by atoms with Gasteiger partial charge in [0, 0.05) is 30.1 Å². The van der Waals surface area contributed by atoms with Crippen LogP contribution in [0.3, 0.4) is 0 Å². The minimum Gasteiger partial charge on any atom is -0.483 e. The fraction of sp³-hybridized carbons (Fsp3) is 0.429. The molecule has 0 saturated carbocycles. The largest absolute Gasteiger partial charge is 0.483 e. The van der Waals surface area contributed by atoms with Gasteiger partial charge in [-0.1, -0.05) is 31.5 Å². The summed E-state index contributed by atoms with van der Waals surface area (Å²) >= 11 is 6.23. The molecule has 1 aromatic heterocycles. The molecule has 0 amide bonds. The predicted molar refractivity (Wildman–Crippen MR) is 76.8 cm³/mol. The van der Waals surface area contributed by atoms with Gasteiger partial charge in [0.1, 0.15) is 5.75 Å². The maximum Gasteiger partial charge on any atom is 0.253 e. The molecule has 1 aromatic carbocycles. The van der Waals surface area contributed by atoms with Gasteiger partial charge in [0.15, 0.2) is 6.61 Å². The summed E-state index contributed by atoms with van der Waals surface area (Å²) < 4.78 is 11.0. The molecule has 5 nitrogen and oxygen atoms in total. The van der Waals surface area contributed by atoms with Gasteiger partial charge < -0.3 is 14.5 Å². The van der Waals surface area contributed by atoms with Crippen molar-refractivity contribution in [2.45, 2.75) is 40.0 Å². The number of ether oxygens (including phenoxy) is 1. The van der Waals surface area contributed by atoms with Crippen molar-refractivity contribution >= 4 is 11.6 Å². The first-order valence-electron chi connectivity index (χ1n) is 6.49. The van der Waals surface area contributed by atoms with Gasteiger partial charge in [-0.3, -0.25) is 0 Å². The second kappa shape index (κ2) is 6.72. The molecule has 0 aliphatic heterocycles. The molecule has 0 aliphatic carbocycles.